The Balaban J connectivity index is 1.69. The first-order valence-electron chi connectivity index (χ1n) is 7.51. The summed E-state index contributed by atoms with van der Waals surface area (Å²) in [7, 11) is 2.29. The van der Waals surface area contributed by atoms with E-state index in [1.807, 2.05) is 0 Å². The van der Waals surface area contributed by atoms with E-state index in [1.54, 1.807) is 0 Å². The van der Waals surface area contributed by atoms with Crippen LogP contribution in [0.15, 0.2) is 0 Å². The van der Waals surface area contributed by atoms with Gasteiger partial charge < -0.3 is 5.32 Å². The number of nitrogens with zero attached hydrogens (tertiary/aromatic N) is 1. The van der Waals surface area contributed by atoms with Crippen molar-refractivity contribution in [2.45, 2.75) is 71.0 Å². The number of likely N-dealkylation sites (N-methyl/N-ethyl adjacent to an activating group) is 1. The van der Waals surface area contributed by atoms with Crippen LogP contribution in [0.2, 0.25) is 0 Å². The summed E-state index contributed by atoms with van der Waals surface area (Å²) in [6, 6.07) is 2.34. The number of rotatable bonds is 5. The van der Waals surface area contributed by atoms with E-state index in [9.17, 15) is 0 Å². The lowest BCUT2D eigenvalue weighted by Gasteiger charge is -2.34. The van der Waals surface area contributed by atoms with Crippen LogP contribution in [0.4, 0.5) is 0 Å². The van der Waals surface area contributed by atoms with Crippen molar-refractivity contribution in [2.24, 2.45) is 11.8 Å². The summed E-state index contributed by atoms with van der Waals surface area (Å²) in [5, 5.41) is 3.80. The third-order valence-electron chi connectivity index (χ3n) is 4.70. The molecule has 0 aromatic carbocycles. The molecule has 2 fully saturated rings. The van der Waals surface area contributed by atoms with E-state index in [0.29, 0.717) is 6.04 Å². The van der Waals surface area contributed by atoms with E-state index < -0.39 is 0 Å². The highest BCUT2D eigenvalue weighted by Crippen LogP contribution is 2.29. The molecule has 100 valence electrons. The van der Waals surface area contributed by atoms with Gasteiger partial charge >= 0.3 is 0 Å². The Hall–Kier alpha value is -0.0800. The molecule has 0 saturated heterocycles. The maximum absolute atomic E-state index is 3.80. The van der Waals surface area contributed by atoms with Crippen molar-refractivity contribution in [1.29, 1.82) is 0 Å². The summed E-state index contributed by atoms with van der Waals surface area (Å²) in [4.78, 5) is 2.56. The molecule has 0 amide bonds. The Bertz CT molecular complexity index is 227. The van der Waals surface area contributed by atoms with Gasteiger partial charge in [0.2, 0.25) is 0 Å². The Labute approximate surface area is 107 Å². The lowest BCUT2D eigenvalue weighted by atomic mass is 9.80. The molecule has 0 spiro atoms. The lowest BCUT2D eigenvalue weighted by Crippen LogP contribution is -2.44. The quantitative estimate of drug-likeness (QED) is 0.792. The molecule has 0 radical (unpaired) electrons. The van der Waals surface area contributed by atoms with E-state index in [2.05, 4.69) is 38.0 Å². The molecular formula is C15H30N2. The van der Waals surface area contributed by atoms with Crippen molar-refractivity contribution < 1.29 is 0 Å². The van der Waals surface area contributed by atoms with Gasteiger partial charge in [-0.2, -0.15) is 0 Å². The van der Waals surface area contributed by atoms with Gasteiger partial charge in [0.05, 0.1) is 0 Å². The maximum Gasteiger partial charge on any atom is 0.0192 e. The predicted octanol–water partition coefficient (Wildman–Crippen LogP) is 2.88. The zero-order valence-electron chi connectivity index (χ0n) is 12.1. The van der Waals surface area contributed by atoms with Gasteiger partial charge in [-0.05, 0) is 57.9 Å². The predicted molar refractivity (Wildman–Crippen MR) is 74.2 cm³/mol. The second-order valence-electron chi connectivity index (χ2n) is 6.77. The van der Waals surface area contributed by atoms with Gasteiger partial charge in [-0.15, -0.1) is 0 Å². The molecule has 2 saturated carbocycles. The molecule has 0 heterocycles. The Kier molecular flexibility index (Phi) is 4.48. The van der Waals surface area contributed by atoms with Crippen LogP contribution in [-0.2, 0) is 0 Å². The summed E-state index contributed by atoms with van der Waals surface area (Å²) in [6.07, 6.45) is 7.01. The third-order valence-corrected chi connectivity index (χ3v) is 4.70. The van der Waals surface area contributed by atoms with Gasteiger partial charge in [-0.25, -0.2) is 0 Å². The topological polar surface area (TPSA) is 15.3 Å². The second kappa shape index (κ2) is 5.71. The first-order chi connectivity index (χ1) is 8.06. The summed E-state index contributed by atoms with van der Waals surface area (Å²) in [5.41, 5.74) is 0. The summed E-state index contributed by atoms with van der Waals surface area (Å²) in [6.45, 7) is 8.34. The highest BCUT2D eigenvalue weighted by Gasteiger charge is 2.30. The van der Waals surface area contributed by atoms with Crippen molar-refractivity contribution in [3.63, 3.8) is 0 Å². The Morgan fingerprint density at radius 1 is 1.12 bits per heavy atom. The lowest BCUT2D eigenvalue weighted by molar-refractivity contribution is 0.202. The minimum atomic E-state index is 0.690. The highest BCUT2D eigenvalue weighted by atomic mass is 15.2. The van der Waals surface area contributed by atoms with E-state index in [0.717, 1.165) is 30.5 Å². The van der Waals surface area contributed by atoms with E-state index in [1.165, 1.54) is 32.1 Å². The van der Waals surface area contributed by atoms with Crippen molar-refractivity contribution in [3.8, 4) is 0 Å². The smallest absolute Gasteiger partial charge is 0.0192 e. The zero-order valence-corrected chi connectivity index (χ0v) is 12.1. The summed E-state index contributed by atoms with van der Waals surface area (Å²) in [5.74, 6) is 1.82. The van der Waals surface area contributed by atoms with Gasteiger partial charge in [0.25, 0.3) is 0 Å². The number of hydrogen-bond donors (Lipinski definition) is 1. The van der Waals surface area contributed by atoms with Crippen molar-refractivity contribution in [1.82, 2.24) is 10.2 Å². The van der Waals surface area contributed by atoms with E-state index >= 15 is 0 Å². The molecule has 0 aromatic rings. The SMILES string of the molecule is CC1CC(C)CC(NCC(C)N(C)C2CC2)C1. The molecule has 17 heavy (non-hydrogen) atoms. The average Bonchev–Trinajstić information content (AvgIpc) is 3.07. The normalized spacial score (nSPS) is 36.2. The fourth-order valence-electron chi connectivity index (χ4n) is 3.44. The van der Waals surface area contributed by atoms with Gasteiger partial charge in [0, 0.05) is 24.7 Å². The largest absolute Gasteiger partial charge is 0.312 e. The Morgan fingerprint density at radius 3 is 2.24 bits per heavy atom. The van der Waals surface area contributed by atoms with Crippen LogP contribution >= 0.6 is 0 Å². The van der Waals surface area contributed by atoms with Crippen molar-refractivity contribution >= 4 is 0 Å². The molecule has 2 nitrogen and oxygen atoms in total. The first-order valence-corrected chi connectivity index (χ1v) is 7.51. The van der Waals surface area contributed by atoms with Crippen LogP contribution in [0.3, 0.4) is 0 Å². The molecule has 3 atom stereocenters. The Morgan fingerprint density at radius 2 is 1.71 bits per heavy atom. The molecule has 3 unspecified atom stereocenters. The van der Waals surface area contributed by atoms with Crippen LogP contribution in [0.25, 0.3) is 0 Å². The highest BCUT2D eigenvalue weighted by molar-refractivity contribution is 4.87. The van der Waals surface area contributed by atoms with E-state index in [4.69, 9.17) is 0 Å². The molecule has 2 heteroatoms. The summed E-state index contributed by atoms with van der Waals surface area (Å²) < 4.78 is 0. The standard InChI is InChI=1S/C15H30N2/c1-11-7-12(2)9-14(8-11)16-10-13(3)17(4)15-5-6-15/h11-16H,5-10H2,1-4H3. The van der Waals surface area contributed by atoms with Gasteiger partial charge in [0.15, 0.2) is 0 Å². The number of hydrogen-bond acceptors (Lipinski definition) is 2. The molecule has 2 aliphatic carbocycles. The molecule has 0 bridgehead atoms. The third kappa shape index (κ3) is 3.96. The second-order valence-corrected chi connectivity index (χ2v) is 6.77. The van der Waals surface area contributed by atoms with Gasteiger partial charge in [-0.3, -0.25) is 4.90 Å². The molecule has 2 aliphatic rings. The molecule has 0 aliphatic heterocycles. The zero-order chi connectivity index (χ0) is 12.4. The summed E-state index contributed by atoms with van der Waals surface area (Å²) >= 11 is 0. The number of nitrogens with one attached hydrogen (secondary N) is 1. The fraction of sp³-hybridized carbons (Fsp3) is 1.00. The van der Waals surface area contributed by atoms with Crippen LogP contribution < -0.4 is 5.32 Å². The van der Waals surface area contributed by atoms with Gasteiger partial charge in [-0.1, -0.05) is 13.8 Å². The minimum Gasteiger partial charge on any atom is -0.312 e. The van der Waals surface area contributed by atoms with E-state index in [-0.39, 0.29) is 0 Å². The van der Waals surface area contributed by atoms with Crippen LogP contribution in [0, 0.1) is 11.8 Å². The fourth-order valence-corrected chi connectivity index (χ4v) is 3.44. The molecule has 1 N–H and O–H groups in total. The first kappa shape index (κ1) is 13.4. The van der Waals surface area contributed by atoms with Crippen LogP contribution in [-0.4, -0.2) is 36.6 Å². The minimum absolute atomic E-state index is 0.690. The monoisotopic (exact) mass is 238 g/mol. The molecular weight excluding hydrogens is 208 g/mol. The van der Waals surface area contributed by atoms with Crippen LogP contribution in [0.5, 0.6) is 0 Å². The maximum atomic E-state index is 3.80. The van der Waals surface area contributed by atoms with Crippen LogP contribution in [0.1, 0.15) is 52.9 Å². The molecule has 0 aromatic heterocycles. The van der Waals surface area contributed by atoms with Gasteiger partial charge in [0.1, 0.15) is 0 Å². The van der Waals surface area contributed by atoms with Crippen molar-refractivity contribution in [3.05, 3.63) is 0 Å². The molecule has 2 rings (SSSR count). The van der Waals surface area contributed by atoms with Crippen molar-refractivity contribution in [2.75, 3.05) is 13.6 Å². The average molecular weight is 238 g/mol.